The average molecular weight is 294 g/mol. The number of rotatable bonds is 3. The van der Waals surface area contributed by atoms with Crippen molar-refractivity contribution in [2.24, 2.45) is 5.84 Å². The molecule has 1 aromatic heterocycles. The average Bonchev–Trinajstić information content (AvgIpc) is 2.85. The molecule has 1 aliphatic heterocycles. The number of nitrogens with two attached hydrogens (primary N) is 1. The predicted molar refractivity (Wildman–Crippen MR) is 79.8 cm³/mol. The van der Waals surface area contributed by atoms with Gasteiger partial charge in [-0.25, -0.2) is 9.82 Å². The van der Waals surface area contributed by atoms with Crippen molar-refractivity contribution in [3.63, 3.8) is 0 Å². The van der Waals surface area contributed by atoms with E-state index in [0.29, 0.717) is 0 Å². The van der Waals surface area contributed by atoms with Crippen LogP contribution in [0.1, 0.15) is 26.9 Å². The van der Waals surface area contributed by atoms with Gasteiger partial charge in [-0.15, -0.1) is 11.3 Å². The molecule has 3 N–H and O–H groups in total. The highest BCUT2D eigenvalue weighted by Crippen LogP contribution is 2.36. The predicted octanol–water partition coefficient (Wildman–Crippen LogP) is 3.23. The molecule has 1 unspecified atom stereocenters. The lowest BCUT2D eigenvalue weighted by Gasteiger charge is -2.14. The maximum atomic E-state index is 13.0. The quantitative estimate of drug-likeness (QED) is 0.674. The first-order chi connectivity index (χ1) is 9.28. The fraction of sp³-hybridized carbons (Fsp3) is 0.286. The Morgan fingerprint density at radius 3 is 2.74 bits per heavy atom. The summed E-state index contributed by atoms with van der Waals surface area (Å²) in [6, 6.07) is 8.70. The Morgan fingerprint density at radius 1 is 1.26 bits per heavy atom. The molecule has 0 saturated carbocycles. The van der Waals surface area contributed by atoms with E-state index in [9.17, 15) is 4.39 Å². The molecule has 2 heterocycles. The van der Waals surface area contributed by atoms with Crippen LogP contribution in [0.4, 0.5) is 4.39 Å². The second kappa shape index (κ2) is 5.63. The number of thioether (sulfide) groups is 1. The van der Waals surface area contributed by atoms with Crippen molar-refractivity contribution in [3.05, 3.63) is 57.0 Å². The molecule has 5 heteroatoms. The zero-order valence-corrected chi connectivity index (χ0v) is 12.0. The molecule has 0 bridgehead atoms. The van der Waals surface area contributed by atoms with Gasteiger partial charge in [-0.2, -0.15) is 11.8 Å². The summed E-state index contributed by atoms with van der Waals surface area (Å²) in [7, 11) is 0. The number of halogens is 1. The van der Waals surface area contributed by atoms with Crippen LogP contribution in [-0.2, 0) is 12.2 Å². The Labute approximate surface area is 120 Å². The molecule has 2 aromatic rings. The standard InChI is InChI=1S/C14H15FN2S2/c15-11-3-1-9(2-4-11)14(17-16)13-7-10-8-18-6-5-12(10)19-13/h1-4,7,14,17H,5-6,8,16H2. The molecule has 0 aliphatic carbocycles. The Balaban J connectivity index is 1.93. The van der Waals surface area contributed by atoms with E-state index in [1.165, 1.54) is 33.2 Å². The molecule has 0 saturated heterocycles. The van der Waals surface area contributed by atoms with E-state index >= 15 is 0 Å². The zero-order chi connectivity index (χ0) is 13.2. The third kappa shape index (κ3) is 2.69. The summed E-state index contributed by atoms with van der Waals surface area (Å²) in [4.78, 5) is 2.68. The van der Waals surface area contributed by atoms with Crippen molar-refractivity contribution in [2.45, 2.75) is 18.2 Å². The number of benzene rings is 1. The number of fused-ring (bicyclic) bond motifs is 1. The molecule has 100 valence electrons. The van der Waals surface area contributed by atoms with Crippen molar-refractivity contribution in [1.29, 1.82) is 0 Å². The van der Waals surface area contributed by atoms with E-state index in [-0.39, 0.29) is 11.9 Å². The number of thiophene rings is 1. The summed E-state index contributed by atoms with van der Waals surface area (Å²) in [5.41, 5.74) is 5.27. The van der Waals surface area contributed by atoms with Crippen molar-refractivity contribution in [2.75, 3.05) is 5.75 Å². The van der Waals surface area contributed by atoms with E-state index in [0.717, 1.165) is 17.7 Å². The molecule has 0 spiro atoms. The lowest BCUT2D eigenvalue weighted by Crippen LogP contribution is -2.28. The molecular weight excluding hydrogens is 279 g/mol. The first-order valence-electron chi connectivity index (χ1n) is 6.19. The lowest BCUT2D eigenvalue weighted by molar-refractivity contribution is 0.618. The van der Waals surface area contributed by atoms with Gasteiger partial charge in [0.25, 0.3) is 0 Å². The van der Waals surface area contributed by atoms with Gasteiger partial charge in [0.05, 0.1) is 6.04 Å². The largest absolute Gasteiger partial charge is 0.271 e. The number of hydrogen-bond acceptors (Lipinski definition) is 4. The van der Waals surface area contributed by atoms with Crippen LogP contribution in [0.3, 0.4) is 0 Å². The molecule has 0 radical (unpaired) electrons. The zero-order valence-electron chi connectivity index (χ0n) is 10.4. The SMILES string of the molecule is NNC(c1ccc(F)cc1)c1cc2c(s1)CCSC2. The van der Waals surface area contributed by atoms with Crippen LogP contribution >= 0.6 is 23.1 Å². The monoisotopic (exact) mass is 294 g/mol. The van der Waals surface area contributed by atoms with E-state index in [4.69, 9.17) is 5.84 Å². The van der Waals surface area contributed by atoms with Gasteiger partial charge in [-0.3, -0.25) is 5.84 Å². The van der Waals surface area contributed by atoms with Gasteiger partial charge in [-0.05, 0) is 41.5 Å². The minimum absolute atomic E-state index is 0.0544. The minimum Gasteiger partial charge on any atom is -0.271 e. The fourth-order valence-electron chi connectivity index (χ4n) is 2.31. The second-order valence-electron chi connectivity index (χ2n) is 4.55. The van der Waals surface area contributed by atoms with Gasteiger partial charge < -0.3 is 0 Å². The topological polar surface area (TPSA) is 38.0 Å². The third-order valence-corrected chi connectivity index (χ3v) is 5.61. The minimum atomic E-state index is -0.221. The Hall–Kier alpha value is -0.880. The van der Waals surface area contributed by atoms with Gasteiger partial charge in [-0.1, -0.05) is 12.1 Å². The number of hydrogen-bond donors (Lipinski definition) is 2. The fourth-order valence-corrected chi connectivity index (χ4v) is 4.78. The van der Waals surface area contributed by atoms with Crippen molar-refractivity contribution in [1.82, 2.24) is 5.43 Å². The van der Waals surface area contributed by atoms with Crippen molar-refractivity contribution in [3.8, 4) is 0 Å². The smallest absolute Gasteiger partial charge is 0.123 e. The number of hydrazine groups is 1. The Kier molecular flexibility index (Phi) is 3.88. The summed E-state index contributed by atoms with van der Waals surface area (Å²) >= 11 is 3.79. The summed E-state index contributed by atoms with van der Waals surface area (Å²) in [5, 5.41) is 0. The van der Waals surface area contributed by atoms with Crippen molar-refractivity contribution < 1.29 is 4.39 Å². The maximum Gasteiger partial charge on any atom is 0.123 e. The van der Waals surface area contributed by atoms with Crippen LogP contribution in [0.5, 0.6) is 0 Å². The lowest BCUT2D eigenvalue weighted by atomic mass is 10.1. The van der Waals surface area contributed by atoms with Gasteiger partial charge >= 0.3 is 0 Å². The first-order valence-corrected chi connectivity index (χ1v) is 8.16. The summed E-state index contributed by atoms with van der Waals surface area (Å²) in [6.07, 6.45) is 1.14. The summed E-state index contributed by atoms with van der Waals surface area (Å²) < 4.78 is 13.0. The van der Waals surface area contributed by atoms with Gasteiger partial charge in [0.15, 0.2) is 0 Å². The highest BCUT2D eigenvalue weighted by atomic mass is 32.2. The molecule has 2 nitrogen and oxygen atoms in total. The van der Waals surface area contributed by atoms with Crippen LogP contribution in [0.2, 0.25) is 0 Å². The van der Waals surface area contributed by atoms with E-state index < -0.39 is 0 Å². The number of nitrogens with one attached hydrogen (secondary N) is 1. The van der Waals surface area contributed by atoms with E-state index in [2.05, 4.69) is 11.5 Å². The molecule has 19 heavy (non-hydrogen) atoms. The first kappa shape index (κ1) is 13.1. The number of aryl methyl sites for hydroxylation is 1. The summed E-state index contributed by atoms with van der Waals surface area (Å²) in [5.74, 6) is 7.76. The van der Waals surface area contributed by atoms with Crippen LogP contribution in [0.25, 0.3) is 0 Å². The molecular formula is C14H15FN2S2. The van der Waals surface area contributed by atoms with Gasteiger partial charge in [0.2, 0.25) is 0 Å². The van der Waals surface area contributed by atoms with Crippen LogP contribution in [0, 0.1) is 5.82 Å². The van der Waals surface area contributed by atoms with Crippen LogP contribution in [0.15, 0.2) is 30.3 Å². The van der Waals surface area contributed by atoms with E-state index in [1.54, 1.807) is 12.1 Å². The maximum absolute atomic E-state index is 13.0. The highest BCUT2D eigenvalue weighted by Gasteiger charge is 2.19. The molecule has 0 amide bonds. The molecule has 0 fully saturated rings. The third-order valence-electron chi connectivity index (χ3n) is 3.30. The Morgan fingerprint density at radius 2 is 2.05 bits per heavy atom. The second-order valence-corrected chi connectivity index (χ2v) is 6.82. The molecule has 3 rings (SSSR count). The van der Waals surface area contributed by atoms with Gasteiger partial charge in [0, 0.05) is 15.5 Å². The molecule has 1 aromatic carbocycles. The Bertz CT molecular complexity index is 542. The highest BCUT2D eigenvalue weighted by molar-refractivity contribution is 7.98. The van der Waals surface area contributed by atoms with Crippen LogP contribution < -0.4 is 11.3 Å². The normalized spacial score (nSPS) is 16.1. The van der Waals surface area contributed by atoms with Gasteiger partial charge in [0.1, 0.15) is 5.82 Å². The molecule has 1 atom stereocenters. The van der Waals surface area contributed by atoms with Crippen LogP contribution in [-0.4, -0.2) is 5.75 Å². The van der Waals surface area contributed by atoms with Crippen molar-refractivity contribution >= 4 is 23.1 Å². The summed E-state index contributed by atoms with van der Waals surface area (Å²) in [6.45, 7) is 0. The molecule has 1 aliphatic rings. The van der Waals surface area contributed by atoms with E-state index in [1.807, 2.05) is 23.1 Å².